The average Bonchev–Trinajstić information content (AvgIpc) is 2.69. The summed E-state index contributed by atoms with van der Waals surface area (Å²) in [5.41, 5.74) is 3.44. The van der Waals surface area contributed by atoms with E-state index in [0.717, 1.165) is 17.5 Å². The summed E-state index contributed by atoms with van der Waals surface area (Å²) >= 11 is 0. The smallest absolute Gasteiger partial charge is 0.267 e. The first-order chi connectivity index (χ1) is 12.7. The molecule has 6 heteroatoms. The minimum atomic E-state index is -0.307. The molecule has 1 N–H and O–H groups in total. The zero-order valence-corrected chi connectivity index (χ0v) is 14.6. The molecule has 1 amide bonds. The first-order valence-electron chi connectivity index (χ1n) is 8.49. The molecule has 0 aliphatic carbocycles. The molecular formula is C20H20N4O2. The van der Waals surface area contributed by atoms with E-state index in [4.69, 9.17) is 0 Å². The molecule has 0 atom stereocenters. The van der Waals surface area contributed by atoms with Crippen molar-refractivity contribution in [2.75, 3.05) is 0 Å². The van der Waals surface area contributed by atoms with Gasteiger partial charge in [0.15, 0.2) is 0 Å². The Morgan fingerprint density at radius 2 is 1.73 bits per heavy atom. The van der Waals surface area contributed by atoms with Gasteiger partial charge in [-0.15, -0.1) is 0 Å². The molecule has 0 bridgehead atoms. The second kappa shape index (κ2) is 8.20. The lowest BCUT2D eigenvalue weighted by atomic mass is 10.1. The van der Waals surface area contributed by atoms with E-state index >= 15 is 0 Å². The lowest BCUT2D eigenvalue weighted by Gasteiger charge is -2.09. The number of nitrogens with one attached hydrogen (secondary N) is 1. The molecule has 132 valence electrons. The van der Waals surface area contributed by atoms with Crippen molar-refractivity contribution in [1.82, 2.24) is 20.1 Å². The van der Waals surface area contributed by atoms with Crippen LogP contribution in [-0.2, 0) is 24.3 Å². The van der Waals surface area contributed by atoms with Crippen molar-refractivity contribution in [1.29, 1.82) is 0 Å². The zero-order valence-electron chi connectivity index (χ0n) is 14.6. The number of benzene rings is 1. The van der Waals surface area contributed by atoms with E-state index in [1.54, 1.807) is 18.5 Å². The lowest BCUT2D eigenvalue weighted by Crippen LogP contribution is -2.33. The van der Waals surface area contributed by atoms with E-state index in [1.165, 1.54) is 16.3 Å². The second-order valence-corrected chi connectivity index (χ2v) is 5.90. The molecule has 0 aliphatic rings. The number of nitrogens with zero attached hydrogens (tertiary/aromatic N) is 3. The molecule has 0 fully saturated rings. The molecular weight excluding hydrogens is 328 g/mol. The highest BCUT2D eigenvalue weighted by molar-refractivity contribution is 5.75. The Morgan fingerprint density at radius 1 is 1.00 bits per heavy atom. The van der Waals surface area contributed by atoms with Gasteiger partial charge in [-0.3, -0.25) is 14.6 Å². The van der Waals surface area contributed by atoms with E-state index in [9.17, 15) is 9.59 Å². The summed E-state index contributed by atoms with van der Waals surface area (Å²) in [5.74, 6) is -0.269. The Balaban J connectivity index is 1.71. The molecule has 2 aromatic heterocycles. The van der Waals surface area contributed by atoms with Crippen molar-refractivity contribution in [3.63, 3.8) is 0 Å². The molecule has 1 aromatic carbocycles. The van der Waals surface area contributed by atoms with Crippen molar-refractivity contribution in [3.05, 3.63) is 82.4 Å². The van der Waals surface area contributed by atoms with E-state index in [2.05, 4.69) is 22.3 Å². The number of pyridine rings is 1. The highest BCUT2D eigenvalue weighted by atomic mass is 16.2. The molecule has 3 aromatic rings. The summed E-state index contributed by atoms with van der Waals surface area (Å²) in [5, 5.41) is 7.11. The molecule has 2 heterocycles. The fourth-order valence-electron chi connectivity index (χ4n) is 2.52. The van der Waals surface area contributed by atoms with Gasteiger partial charge in [0.2, 0.25) is 5.91 Å². The van der Waals surface area contributed by atoms with Gasteiger partial charge in [-0.2, -0.15) is 5.10 Å². The number of hydrogen-bond acceptors (Lipinski definition) is 4. The van der Waals surface area contributed by atoms with E-state index in [1.807, 2.05) is 36.4 Å². The van der Waals surface area contributed by atoms with Gasteiger partial charge in [-0.05, 0) is 35.7 Å². The maximum absolute atomic E-state index is 12.1. The summed E-state index contributed by atoms with van der Waals surface area (Å²) < 4.78 is 1.19. The third-order valence-electron chi connectivity index (χ3n) is 4.06. The number of rotatable bonds is 6. The van der Waals surface area contributed by atoms with Crippen molar-refractivity contribution >= 4 is 5.91 Å². The Morgan fingerprint density at radius 3 is 2.42 bits per heavy atom. The topological polar surface area (TPSA) is 76.9 Å². The van der Waals surface area contributed by atoms with Gasteiger partial charge in [0.25, 0.3) is 5.56 Å². The number of aromatic nitrogens is 3. The predicted octanol–water partition coefficient (Wildman–Crippen LogP) is 2.18. The van der Waals surface area contributed by atoms with Crippen LogP contribution in [0.5, 0.6) is 0 Å². The van der Waals surface area contributed by atoms with Crippen molar-refractivity contribution in [2.45, 2.75) is 26.4 Å². The van der Waals surface area contributed by atoms with Crippen LogP contribution in [-0.4, -0.2) is 20.7 Å². The molecule has 0 unspecified atom stereocenters. The van der Waals surface area contributed by atoms with Gasteiger partial charge in [-0.25, -0.2) is 4.68 Å². The third kappa shape index (κ3) is 4.42. The summed E-state index contributed by atoms with van der Waals surface area (Å²) in [6, 6.07) is 14.8. The van der Waals surface area contributed by atoms with Crippen molar-refractivity contribution in [3.8, 4) is 11.3 Å². The van der Waals surface area contributed by atoms with E-state index in [0.29, 0.717) is 12.2 Å². The number of carbonyl (C=O) groups is 1. The monoisotopic (exact) mass is 348 g/mol. The zero-order chi connectivity index (χ0) is 18.4. The van der Waals surface area contributed by atoms with E-state index in [-0.39, 0.29) is 18.0 Å². The maximum Gasteiger partial charge on any atom is 0.267 e. The number of aryl methyl sites for hydroxylation is 1. The van der Waals surface area contributed by atoms with Crippen molar-refractivity contribution < 1.29 is 4.79 Å². The Labute approximate surface area is 151 Å². The predicted molar refractivity (Wildman–Crippen MR) is 99.4 cm³/mol. The quantitative estimate of drug-likeness (QED) is 0.741. The van der Waals surface area contributed by atoms with Crippen LogP contribution in [0.1, 0.15) is 18.1 Å². The molecule has 6 nitrogen and oxygen atoms in total. The Bertz CT molecular complexity index is 934. The second-order valence-electron chi connectivity index (χ2n) is 5.90. The van der Waals surface area contributed by atoms with Crippen LogP contribution < -0.4 is 10.9 Å². The highest BCUT2D eigenvalue weighted by Gasteiger charge is 2.08. The Kier molecular flexibility index (Phi) is 5.53. The number of hydrogen-bond donors (Lipinski definition) is 1. The van der Waals surface area contributed by atoms with Gasteiger partial charge >= 0.3 is 0 Å². The van der Waals surface area contributed by atoms with Crippen LogP contribution in [0.2, 0.25) is 0 Å². The van der Waals surface area contributed by atoms with Gasteiger partial charge in [0.05, 0.1) is 5.69 Å². The van der Waals surface area contributed by atoms with Gasteiger partial charge in [0, 0.05) is 30.6 Å². The molecule has 3 rings (SSSR count). The molecule has 0 spiro atoms. The molecule has 0 aliphatic heterocycles. The number of carbonyl (C=O) groups excluding carboxylic acids is 1. The van der Waals surface area contributed by atoms with Crippen LogP contribution in [0, 0.1) is 0 Å². The summed E-state index contributed by atoms with van der Waals surface area (Å²) in [6.45, 7) is 2.36. The molecule has 26 heavy (non-hydrogen) atoms. The normalized spacial score (nSPS) is 10.5. The van der Waals surface area contributed by atoms with Gasteiger partial charge in [-0.1, -0.05) is 31.2 Å². The third-order valence-corrected chi connectivity index (χ3v) is 4.06. The molecule has 0 saturated heterocycles. The lowest BCUT2D eigenvalue weighted by molar-refractivity contribution is -0.122. The standard InChI is InChI=1S/C20H20N4O2/c1-2-15-3-5-17(6-4-15)18-7-8-20(26)24(23-18)14-19(25)22-13-16-9-11-21-12-10-16/h3-12H,2,13-14H2,1H3,(H,22,25). The molecule has 0 radical (unpaired) electrons. The largest absolute Gasteiger partial charge is 0.350 e. The summed E-state index contributed by atoms with van der Waals surface area (Å²) in [7, 11) is 0. The summed E-state index contributed by atoms with van der Waals surface area (Å²) in [4.78, 5) is 28.1. The minimum absolute atomic E-state index is 0.120. The van der Waals surface area contributed by atoms with Gasteiger partial charge in [0.1, 0.15) is 6.54 Å². The van der Waals surface area contributed by atoms with Crippen LogP contribution in [0.15, 0.2) is 65.7 Å². The van der Waals surface area contributed by atoms with Crippen LogP contribution in [0.3, 0.4) is 0 Å². The van der Waals surface area contributed by atoms with Gasteiger partial charge < -0.3 is 5.32 Å². The fourth-order valence-corrected chi connectivity index (χ4v) is 2.52. The maximum atomic E-state index is 12.1. The minimum Gasteiger partial charge on any atom is -0.350 e. The van der Waals surface area contributed by atoms with E-state index < -0.39 is 0 Å². The fraction of sp³-hybridized carbons (Fsp3) is 0.200. The van der Waals surface area contributed by atoms with Crippen LogP contribution in [0.25, 0.3) is 11.3 Å². The summed E-state index contributed by atoms with van der Waals surface area (Å²) in [6.07, 6.45) is 4.30. The van der Waals surface area contributed by atoms with Crippen molar-refractivity contribution in [2.24, 2.45) is 0 Å². The number of amides is 1. The first kappa shape index (κ1) is 17.5. The average molecular weight is 348 g/mol. The highest BCUT2D eigenvalue weighted by Crippen LogP contribution is 2.16. The van der Waals surface area contributed by atoms with Crippen LogP contribution >= 0.6 is 0 Å². The SMILES string of the molecule is CCc1ccc(-c2ccc(=O)n(CC(=O)NCc3ccncc3)n2)cc1. The molecule has 0 saturated carbocycles. The van der Waals surface area contributed by atoms with Crippen LogP contribution in [0.4, 0.5) is 0 Å². The Hall–Kier alpha value is -3.28. The first-order valence-corrected chi connectivity index (χ1v) is 8.49.